The maximum absolute atomic E-state index is 3.20. The lowest BCUT2D eigenvalue weighted by Gasteiger charge is -2.20. The molecule has 0 aromatic heterocycles. The van der Waals surface area contributed by atoms with Gasteiger partial charge in [-0.3, -0.25) is 0 Å². The normalized spacial score (nSPS) is 19.1. The summed E-state index contributed by atoms with van der Waals surface area (Å²) in [5.41, 5.74) is 4.77. The molecule has 1 unspecified atom stereocenters. The van der Waals surface area contributed by atoms with Crippen LogP contribution in [0.5, 0.6) is 0 Å². The van der Waals surface area contributed by atoms with E-state index in [9.17, 15) is 0 Å². The highest BCUT2D eigenvalue weighted by molar-refractivity contribution is 5.36. The maximum Gasteiger partial charge on any atom is 0.0359 e. The monoisotopic (exact) mass is 216 g/mol. The Balaban J connectivity index is 2.88. The van der Waals surface area contributed by atoms with Crippen molar-refractivity contribution in [3.63, 3.8) is 0 Å². The van der Waals surface area contributed by atoms with Crippen molar-refractivity contribution in [3.8, 4) is 11.8 Å². The number of rotatable bonds is 3. The van der Waals surface area contributed by atoms with E-state index in [2.05, 4.69) is 38.7 Å². The van der Waals surface area contributed by atoms with Crippen molar-refractivity contribution in [2.45, 2.75) is 59.8 Å². The summed E-state index contributed by atoms with van der Waals surface area (Å²) in [4.78, 5) is 0. The van der Waals surface area contributed by atoms with Gasteiger partial charge in [0.25, 0.3) is 0 Å². The van der Waals surface area contributed by atoms with E-state index in [1.165, 1.54) is 37.7 Å². The second-order valence-corrected chi connectivity index (χ2v) is 4.68. The van der Waals surface area contributed by atoms with E-state index in [-0.39, 0.29) is 0 Å². The van der Waals surface area contributed by atoms with Gasteiger partial charge < -0.3 is 0 Å². The molecule has 0 radical (unpaired) electrons. The van der Waals surface area contributed by atoms with Gasteiger partial charge in [0.05, 0.1) is 0 Å². The van der Waals surface area contributed by atoms with Crippen LogP contribution >= 0.6 is 0 Å². The van der Waals surface area contributed by atoms with Crippen LogP contribution in [0.2, 0.25) is 0 Å². The zero-order chi connectivity index (χ0) is 12.0. The standard InChI is InChI=1S/C16H24/c1-5-9-13(3)12-14(4)16-11-8-7-10-15(16)6-2/h12-13H,6-8,10-11H2,1-4H3/b14-12-. The van der Waals surface area contributed by atoms with Crippen molar-refractivity contribution in [2.24, 2.45) is 5.92 Å². The molecule has 0 heterocycles. The third kappa shape index (κ3) is 3.56. The second-order valence-electron chi connectivity index (χ2n) is 4.68. The molecular weight excluding hydrogens is 192 g/mol. The molecule has 0 N–H and O–H groups in total. The highest BCUT2D eigenvalue weighted by Crippen LogP contribution is 2.31. The van der Waals surface area contributed by atoms with E-state index in [1.54, 1.807) is 11.1 Å². The fraction of sp³-hybridized carbons (Fsp3) is 0.625. The largest absolute Gasteiger partial charge is 0.106 e. The Morgan fingerprint density at radius 2 is 2.06 bits per heavy atom. The summed E-state index contributed by atoms with van der Waals surface area (Å²) in [6.45, 7) is 8.62. The highest BCUT2D eigenvalue weighted by Gasteiger charge is 2.12. The van der Waals surface area contributed by atoms with Gasteiger partial charge in [0.1, 0.15) is 0 Å². The molecule has 88 valence electrons. The van der Waals surface area contributed by atoms with Crippen LogP contribution < -0.4 is 0 Å². The lowest BCUT2D eigenvalue weighted by molar-refractivity contribution is 0.659. The Hall–Kier alpha value is -0.960. The van der Waals surface area contributed by atoms with Gasteiger partial charge >= 0.3 is 0 Å². The first-order valence-electron chi connectivity index (χ1n) is 6.51. The van der Waals surface area contributed by atoms with Gasteiger partial charge in [0.15, 0.2) is 0 Å². The van der Waals surface area contributed by atoms with Crippen molar-refractivity contribution in [2.75, 3.05) is 0 Å². The van der Waals surface area contributed by atoms with E-state index in [1.807, 2.05) is 6.92 Å². The smallest absolute Gasteiger partial charge is 0.0359 e. The van der Waals surface area contributed by atoms with Crippen LogP contribution in [0.25, 0.3) is 0 Å². The molecule has 0 aliphatic heterocycles. The topological polar surface area (TPSA) is 0 Å². The van der Waals surface area contributed by atoms with E-state index >= 15 is 0 Å². The van der Waals surface area contributed by atoms with Crippen LogP contribution in [-0.4, -0.2) is 0 Å². The molecule has 0 aromatic rings. The van der Waals surface area contributed by atoms with E-state index in [0.717, 1.165) is 0 Å². The van der Waals surface area contributed by atoms with E-state index in [4.69, 9.17) is 0 Å². The molecule has 1 rings (SSSR count). The first-order chi connectivity index (χ1) is 7.69. The molecule has 0 heteroatoms. The Morgan fingerprint density at radius 3 is 2.69 bits per heavy atom. The first-order valence-corrected chi connectivity index (χ1v) is 6.51. The van der Waals surface area contributed by atoms with Crippen molar-refractivity contribution < 1.29 is 0 Å². The van der Waals surface area contributed by atoms with Gasteiger partial charge in [-0.1, -0.05) is 30.1 Å². The van der Waals surface area contributed by atoms with Crippen LogP contribution in [0.3, 0.4) is 0 Å². The predicted molar refractivity (Wildman–Crippen MR) is 72.2 cm³/mol. The molecule has 0 saturated carbocycles. The summed E-state index contributed by atoms with van der Waals surface area (Å²) in [6.07, 6.45) is 8.87. The number of hydrogen-bond acceptors (Lipinski definition) is 0. The maximum atomic E-state index is 3.20. The Morgan fingerprint density at radius 1 is 1.38 bits per heavy atom. The third-order valence-corrected chi connectivity index (χ3v) is 3.36. The third-order valence-electron chi connectivity index (χ3n) is 3.36. The molecular formula is C16H24. The van der Waals surface area contributed by atoms with Gasteiger partial charge in [0, 0.05) is 5.92 Å². The summed E-state index contributed by atoms with van der Waals surface area (Å²) in [5.74, 6) is 6.58. The number of hydrogen-bond donors (Lipinski definition) is 0. The number of allylic oxidation sites excluding steroid dienone is 4. The molecule has 0 fully saturated rings. The van der Waals surface area contributed by atoms with Gasteiger partial charge in [-0.15, -0.1) is 5.92 Å². The first kappa shape index (κ1) is 13.1. The van der Waals surface area contributed by atoms with Crippen molar-refractivity contribution in [1.29, 1.82) is 0 Å². The molecule has 16 heavy (non-hydrogen) atoms. The molecule has 0 spiro atoms. The fourth-order valence-corrected chi connectivity index (χ4v) is 2.58. The van der Waals surface area contributed by atoms with Gasteiger partial charge in [-0.2, -0.15) is 0 Å². The van der Waals surface area contributed by atoms with Gasteiger partial charge in [-0.25, -0.2) is 0 Å². The molecule has 0 nitrogen and oxygen atoms in total. The Bertz CT molecular complexity index is 344. The van der Waals surface area contributed by atoms with E-state index < -0.39 is 0 Å². The fourth-order valence-electron chi connectivity index (χ4n) is 2.58. The predicted octanol–water partition coefficient (Wildman–Crippen LogP) is 4.87. The van der Waals surface area contributed by atoms with Crippen LogP contribution in [0, 0.1) is 17.8 Å². The average molecular weight is 216 g/mol. The Labute approximate surface area is 101 Å². The Kier molecular flexibility index (Phi) is 5.39. The summed E-state index contributed by atoms with van der Waals surface area (Å²) >= 11 is 0. The summed E-state index contributed by atoms with van der Waals surface area (Å²) in [6, 6.07) is 0. The van der Waals surface area contributed by atoms with Crippen LogP contribution in [0.4, 0.5) is 0 Å². The highest BCUT2D eigenvalue weighted by atomic mass is 14.2. The molecule has 0 bridgehead atoms. The minimum Gasteiger partial charge on any atom is -0.106 e. The minimum atomic E-state index is 0.387. The van der Waals surface area contributed by atoms with Gasteiger partial charge in [-0.05, 0) is 58.4 Å². The van der Waals surface area contributed by atoms with Crippen LogP contribution in [-0.2, 0) is 0 Å². The second kappa shape index (κ2) is 6.59. The molecule has 1 aliphatic carbocycles. The van der Waals surface area contributed by atoms with Crippen molar-refractivity contribution >= 4 is 0 Å². The quantitative estimate of drug-likeness (QED) is 0.590. The molecule has 0 saturated heterocycles. The van der Waals surface area contributed by atoms with Crippen LogP contribution in [0.15, 0.2) is 22.8 Å². The molecule has 1 atom stereocenters. The zero-order valence-corrected chi connectivity index (χ0v) is 11.2. The molecule has 1 aliphatic rings. The molecule has 0 amide bonds. The molecule has 0 aromatic carbocycles. The lowest BCUT2D eigenvalue weighted by Crippen LogP contribution is -2.01. The summed E-state index contributed by atoms with van der Waals surface area (Å²) < 4.78 is 0. The van der Waals surface area contributed by atoms with Crippen LogP contribution in [0.1, 0.15) is 59.8 Å². The SMILES string of the molecule is CC#CC(C)/C=C(/C)C1=C(CC)CCCC1. The van der Waals surface area contributed by atoms with E-state index in [0.29, 0.717) is 5.92 Å². The minimum absolute atomic E-state index is 0.387. The summed E-state index contributed by atoms with van der Waals surface area (Å²) in [5, 5.41) is 0. The zero-order valence-electron chi connectivity index (χ0n) is 11.2. The van der Waals surface area contributed by atoms with Gasteiger partial charge in [0.2, 0.25) is 0 Å². The summed E-state index contributed by atoms with van der Waals surface area (Å²) in [7, 11) is 0. The lowest BCUT2D eigenvalue weighted by atomic mass is 9.85. The van der Waals surface area contributed by atoms with Crippen molar-refractivity contribution in [1.82, 2.24) is 0 Å². The average Bonchev–Trinajstić information content (AvgIpc) is 2.29. The van der Waals surface area contributed by atoms with Crippen molar-refractivity contribution in [3.05, 3.63) is 22.8 Å².